The molecule has 27 heavy (non-hydrogen) atoms. The van der Waals surface area contributed by atoms with Gasteiger partial charge in [0.05, 0.1) is 6.61 Å². The highest BCUT2D eigenvalue weighted by Gasteiger charge is 2.09. The van der Waals surface area contributed by atoms with Crippen molar-refractivity contribution in [3.8, 4) is 22.9 Å². The monoisotopic (exact) mass is 363 g/mol. The zero-order valence-electron chi connectivity index (χ0n) is 15.1. The van der Waals surface area contributed by atoms with Gasteiger partial charge in [0.25, 0.3) is 0 Å². The Bertz CT molecular complexity index is 938. The van der Waals surface area contributed by atoms with Crippen molar-refractivity contribution in [3.05, 3.63) is 72.1 Å². The van der Waals surface area contributed by atoms with Gasteiger partial charge in [0, 0.05) is 11.6 Å². The number of nitrogens with zero attached hydrogens (tertiary/aromatic N) is 2. The summed E-state index contributed by atoms with van der Waals surface area (Å²) in [7, 11) is 0. The highest BCUT2D eigenvalue weighted by molar-refractivity contribution is 5.72. The van der Waals surface area contributed by atoms with Gasteiger partial charge in [-0.05, 0) is 18.6 Å². The number of aromatic amines is 1. The second-order valence-corrected chi connectivity index (χ2v) is 5.83. The number of aromatic nitrogens is 2. The molecule has 1 amide bonds. The molecule has 1 N–H and O–H groups in total. The maximum absolute atomic E-state index is 12.3. The Labute approximate surface area is 157 Å². The van der Waals surface area contributed by atoms with Gasteiger partial charge in [0.15, 0.2) is 0 Å². The van der Waals surface area contributed by atoms with E-state index in [-0.39, 0.29) is 0 Å². The summed E-state index contributed by atoms with van der Waals surface area (Å²) in [5.74, 6) is 0.886. The highest BCUT2D eigenvalue weighted by Crippen LogP contribution is 2.14. The third-order valence-corrected chi connectivity index (χ3v) is 3.75. The van der Waals surface area contributed by atoms with Crippen molar-refractivity contribution in [3.63, 3.8) is 0 Å². The maximum Gasteiger partial charge on any atom is 0.439 e. The van der Waals surface area contributed by atoms with Crippen molar-refractivity contribution in [2.75, 3.05) is 6.61 Å². The number of carbonyl (C=O) groups is 1. The lowest BCUT2D eigenvalue weighted by atomic mass is 10.1. The van der Waals surface area contributed by atoms with E-state index in [0.29, 0.717) is 29.3 Å². The average Bonchev–Trinajstić information content (AvgIpc) is 2.70. The number of amides is 1. The Morgan fingerprint density at radius 1 is 1.07 bits per heavy atom. The summed E-state index contributed by atoms with van der Waals surface area (Å²) in [4.78, 5) is 16.4. The van der Waals surface area contributed by atoms with Gasteiger partial charge in [-0.3, -0.25) is 0 Å². The molecule has 6 heteroatoms. The fraction of sp³-hybridized carbons (Fsp3) is 0.190. The molecule has 0 unspecified atom stereocenters. The van der Waals surface area contributed by atoms with Crippen LogP contribution in [-0.2, 0) is 0 Å². The molecule has 0 radical (unpaired) electrons. The van der Waals surface area contributed by atoms with E-state index in [1.54, 1.807) is 30.3 Å². The third kappa shape index (κ3) is 5.28. The van der Waals surface area contributed by atoms with Crippen LogP contribution in [0.1, 0.15) is 19.8 Å². The normalized spacial score (nSPS) is 11.2. The standard InChI is InChI=1S/C21H21N3O3/c1-2-3-14-26-19-15-18(20(24-23-19)16-10-6-4-7-11-16)22-21(25)27-17-12-8-5-9-13-17/h4-13,15H,2-3,14H2,1H3,(H,22,23,25). The number of nitrogens with one attached hydrogen (secondary N) is 1. The summed E-state index contributed by atoms with van der Waals surface area (Å²) in [6, 6.07) is 20.0. The highest BCUT2D eigenvalue weighted by atomic mass is 16.5. The quantitative estimate of drug-likeness (QED) is 0.660. The average molecular weight is 363 g/mol. The molecule has 0 saturated carbocycles. The summed E-state index contributed by atoms with van der Waals surface area (Å²) >= 11 is 0. The first-order chi connectivity index (χ1) is 13.3. The van der Waals surface area contributed by atoms with Crippen LogP contribution in [0.25, 0.3) is 11.3 Å². The molecule has 138 valence electrons. The molecule has 6 nitrogen and oxygen atoms in total. The third-order valence-electron chi connectivity index (χ3n) is 3.75. The number of para-hydroxylation sites is 1. The van der Waals surface area contributed by atoms with E-state index in [1.807, 2.05) is 36.4 Å². The van der Waals surface area contributed by atoms with Crippen molar-refractivity contribution in [2.24, 2.45) is 4.99 Å². The number of hydrogen-bond donors (Lipinski definition) is 1. The second-order valence-electron chi connectivity index (χ2n) is 5.83. The number of unbranched alkanes of at least 4 members (excludes halogenated alkanes) is 1. The van der Waals surface area contributed by atoms with Crippen LogP contribution in [0.4, 0.5) is 4.79 Å². The van der Waals surface area contributed by atoms with Crippen LogP contribution in [0, 0.1) is 0 Å². The summed E-state index contributed by atoms with van der Waals surface area (Å²) in [5.41, 5.74) is 1.38. The lowest BCUT2D eigenvalue weighted by molar-refractivity contribution is 0.210. The first kappa shape index (κ1) is 18.4. The molecule has 0 atom stereocenters. The predicted molar refractivity (Wildman–Crippen MR) is 102 cm³/mol. The number of H-pyrrole nitrogens is 1. The lowest BCUT2D eigenvalue weighted by Crippen LogP contribution is -2.16. The molecular weight excluding hydrogens is 342 g/mol. The van der Waals surface area contributed by atoms with E-state index >= 15 is 0 Å². The zero-order valence-corrected chi connectivity index (χ0v) is 15.1. The van der Waals surface area contributed by atoms with E-state index in [2.05, 4.69) is 22.1 Å². The molecule has 0 saturated heterocycles. The van der Waals surface area contributed by atoms with E-state index in [4.69, 9.17) is 9.47 Å². The Balaban J connectivity index is 1.93. The fourth-order valence-corrected chi connectivity index (χ4v) is 2.40. The van der Waals surface area contributed by atoms with Crippen molar-refractivity contribution >= 4 is 6.09 Å². The molecule has 0 fully saturated rings. The van der Waals surface area contributed by atoms with Crippen LogP contribution in [0.5, 0.6) is 11.6 Å². The number of benzene rings is 2. The Kier molecular flexibility index (Phi) is 6.35. The molecule has 3 aromatic rings. The van der Waals surface area contributed by atoms with Crippen LogP contribution in [0.2, 0.25) is 0 Å². The van der Waals surface area contributed by atoms with Gasteiger partial charge in [-0.1, -0.05) is 61.9 Å². The summed E-state index contributed by atoms with van der Waals surface area (Å²) in [6.07, 6.45) is 1.23. The van der Waals surface area contributed by atoms with Gasteiger partial charge in [-0.25, -0.2) is 9.89 Å². The Hall–Kier alpha value is -3.41. The van der Waals surface area contributed by atoms with Gasteiger partial charge >= 0.3 is 6.09 Å². The molecular formula is C21H21N3O3. The first-order valence-electron chi connectivity index (χ1n) is 8.86. The number of rotatable bonds is 6. The molecule has 0 aliphatic carbocycles. The molecule has 3 rings (SSSR count). The first-order valence-corrected chi connectivity index (χ1v) is 8.86. The molecule has 0 spiro atoms. The number of ether oxygens (including phenoxy) is 2. The van der Waals surface area contributed by atoms with Crippen LogP contribution in [-0.4, -0.2) is 22.9 Å². The van der Waals surface area contributed by atoms with Crippen molar-refractivity contribution < 1.29 is 14.3 Å². The molecule has 1 heterocycles. The van der Waals surface area contributed by atoms with Crippen molar-refractivity contribution in [1.82, 2.24) is 10.2 Å². The SMILES string of the molecule is CCCCOc1cc(=NC(=O)Oc2ccccc2)c(-c2ccccc2)n[nH]1. The van der Waals surface area contributed by atoms with Crippen molar-refractivity contribution in [1.29, 1.82) is 0 Å². The van der Waals surface area contributed by atoms with Crippen molar-refractivity contribution in [2.45, 2.75) is 19.8 Å². The lowest BCUT2D eigenvalue weighted by Gasteiger charge is -2.07. The number of carbonyl (C=O) groups excluding carboxylic acids is 1. The smallest absolute Gasteiger partial charge is 0.439 e. The Morgan fingerprint density at radius 3 is 2.48 bits per heavy atom. The van der Waals surface area contributed by atoms with Gasteiger partial charge in [-0.2, -0.15) is 10.1 Å². The van der Waals surface area contributed by atoms with Gasteiger partial charge in [0.2, 0.25) is 5.88 Å². The molecule has 1 aromatic heterocycles. The molecule has 0 aliphatic rings. The van der Waals surface area contributed by atoms with E-state index < -0.39 is 6.09 Å². The van der Waals surface area contributed by atoms with E-state index in [1.165, 1.54) is 0 Å². The van der Waals surface area contributed by atoms with Crippen LogP contribution in [0.3, 0.4) is 0 Å². The minimum absolute atomic E-state index is 0.382. The van der Waals surface area contributed by atoms with Crippen LogP contribution < -0.4 is 14.8 Å². The predicted octanol–water partition coefficient (Wildman–Crippen LogP) is 4.36. The summed E-state index contributed by atoms with van der Waals surface area (Å²) in [5, 5.41) is 7.59. The minimum atomic E-state index is -0.717. The van der Waals surface area contributed by atoms with Gasteiger partial charge < -0.3 is 9.47 Å². The molecule has 0 bridgehead atoms. The van der Waals surface area contributed by atoms with E-state index in [0.717, 1.165) is 18.4 Å². The van der Waals surface area contributed by atoms with E-state index in [9.17, 15) is 4.79 Å². The van der Waals surface area contributed by atoms with Gasteiger partial charge in [0.1, 0.15) is 16.8 Å². The fourth-order valence-electron chi connectivity index (χ4n) is 2.40. The largest absolute Gasteiger partial charge is 0.478 e. The Morgan fingerprint density at radius 2 is 1.78 bits per heavy atom. The zero-order chi connectivity index (χ0) is 18.9. The maximum atomic E-state index is 12.3. The summed E-state index contributed by atoms with van der Waals surface area (Å²) in [6.45, 7) is 2.65. The topological polar surface area (TPSA) is 76.6 Å². The molecule has 0 aliphatic heterocycles. The molecule has 2 aromatic carbocycles. The second kappa shape index (κ2) is 9.33. The minimum Gasteiger partial charge on any atom is -0.478 e. The van der Waals surface area contributed by atoms with Crippen LogP contribution in [0.15, 0.2) is 71.7 Å². The van der Waals surface area contributed by atoms with Crippen LogP contribution >= 0.6 is 0 Å². The summed E-state index contributed by atoms with van der Waals surface area (Å²) < 4.78 is 10.9. The van der Waals surface area contributed by atoms with Gasteiger partial charge in [-0.15, -0.1) is 0 Å². The number of hydrogen-bond acceptors (Lipinski definition) is 4.